The van der Waals surface area contributed by atoms with Gasteiger partial charge in [-0.2, -0.15) is 5.10 Å². The Morgan fingerprint density at radius 3 is 2.59 bits per heavy atom. The molecule has 3 heterocycles. The first-order chi connectivity index (χ1) is 10.6. The van der Waals surface area contributed by atoms with Gasteiger partial charge in [-0.25, -0.2) is 4.68 Å². The van der Waals surface area contributed by atoms with Crippen LogP contribution in [-0.4, -0.2) is 60.5 Å². The molecule has 1 atom stereocenters. The molecule has 3 rings (SSSR count). The van der Waals surface area contributed by atoms with Gasteiger partial charge in [0.1, 0.15) is 11.8 Å². The molecule has 8 nitrogen and oxygen atoms in total. The zero-order valence-electron chi connectivity index (χ0n) is 12.4. The number of carbonyl (C=O) groups is 2. The fraction of sp³-hybridized carbons (Fsp3) is 0.615. The molecule has 0 bridgehead atoms. The summed E-state index contributed by atoms with van der Waals surface area (Å²) in [5.41, 5.74) is 0.512. The predicted octanol–water partition coefficient (Wildman–Crippen LogP) is -0.691. The Bertz CT molecular complexity index is 538. The summed E-state index contributed by atoms with van der Waals surface area (Å²) in [7, 11) is 0.574. The van der Waals surface area contributed by atoms with Crippen LogP contribution in [0.5, 0.6) is 0 Å². The van der Waals surface area contributed by atoms with Crippen LogP contribution in [0.2, 0.25) is 0 Å². The number of rotatable bonds is 2. The van der Waals surface area contributed by atoms with E-state index in [-0.39, 0.29) is 19.3 Å². The lowest BCUT2D eigenvalue weighted by molar-refractivity contribution is -0.145. The topological polar surface area (TPSA) is 82.9 Å². The number of hydrogen-bond acceptors (Lipinski definition) is 7. The summed E-state index contributed by atoms with van der Waals surface area (Å²) in [5.74, 6) is -0.894. The van der Waals surface area contributed by atoms with Crippen molar-refractivity contribution >= 4 is 24.7 Å². The van der Waals surface area contributed by atoms with Gasteiger partial charge < -0.3 is 14.0 Å². The third-order valence-corrected chi connectivity index (χ3v) is 3.65. The van der Waals surface area contributed by atoms with Gasteiger partial charge in [-0.15, -0.1) is 0 Å². The summed E-state index contributed by atoms with van der Waals surface area (Å²) < 4.78 is 17.9. The molecule has 2 fully saturated rings. The second-order valence-electron chi connectivity index (χ2n) is 5.51. The van der Waals surface area contributed by atoms with Crippen molar-refractivity contribution in [1.29, 1.82) is 0 Å². The van der Waals surface area contributed by atoms with Crippen LogP contribution in [0.4, 0.5) is 0 Å². The zero-order chi connectivity index (χ0) is 15.5. The predicted molar refractivity (Wildman–Crippen MR) is 76.1 cm³/mol. The van der Waals surface area contributed by atoms with Crippen molar-refractivity contribution in [2.24, 2.45) is 0 Å². The van der Waals surface area contributed by atoms with Crippen LogP contribution in [0.3, 0.4) is 0 Å². The summed E-state index contributed by atoms with van der Waals surface area (Å²) in [6, 6.07) is 1.68. The number of likely N-dealkylation sites (N-methyl/N-ethyl adjacent to an activating group) is 1. The van der Waals surface area contributed by atoms with Crippen molar-refractivity contribution in [1.82, 2.24) is 14.7 Å². The molecule has 0 N–H and O–H groups in total. The van der Waals surface area contributed by atoms with E-state index in [9.17, 15) is 9.59 Å². The molecule has 2 aliphatic rings. The Kier molecular flexibility index (Phi) is 4.44. The molecule has 118 valence electrons. The fourth-order valence-electron chi connectivity index (χ4n) is 2.62. The average molecular weight is 307 g/mol. The molecular weight excluding hydrogens is 289 g/mol. The van der Waals surface area contributed by atoms with Gasteiger partial charge in [-0.1, -0.05) is 0 Å². The van der Waals surface area contributed by atoms with Gasteiger partial charge in [0.15, 0.2) is 0 Å². The number of hydrogen-bond donors (Lipinski definition) is 0. The van der Waals surface area contributed by atoms with E-state index < -0.39 is 19.1 Å². The van der Waals surface area contributed by atoms with E-state index in [2.05, 4.69) is 5.10 Å². The summed E-state index contributed by atoms with van der Waals surface area (Å²) >= 11 is 0. The molecule has 1 aromatic rings. The van der Waals surface area contributed by atoms with Gasteiger partial charge >= 0.3 is 19.1 Å². The van der Waals surface area contributed by atoms with Crippen LogP contribution < -0.4 is 5.59 Å². The Labute approximate surface area is 128 Å². The van der Waals surface area contributed by atoms with E-state index >= 15 is 0 Å². The molecule has 2 aliphatic heterocycles. The van der Waals surface area contributed by atoms with Crippen LogP contribution in [0.15, 0.2) is 12.3 Å². The lowest BCUT2D eigenvalue weighted by atomic mass is 9.83. The van der Waals surface area contributed by atoms with Crippen molar-refractivity contribution in [3.8, 4) is 0 Å². The lowest BCUT2D eigenvalue weighted by Crippen LogP contribution is -2.50. The van der Waals surface area contributed by atoms with Crippen molar-refractivity contribution in [2.75, 3.05) is 26.7 Å². The van der Waals surface area contributed by atoms with Crippen LogP contribution in [-0.2, 0) is 23.6 Å². The minimum absolute atomic E-state index is 0.0413. The summed E-state index contributed by atoms with van der Waals surface area (Å²) in [6.45, 7) is 0.748. The summed E-state index contributed by atoms with van der Waals surface area (Å²) in [4.78, 5) is 25.2. The van der Waals surface area contributed by atoms with Gasteiger partial charge in [0.2, 0.25) is 0 Å². The Morgan fingerprint density at radius 2 is 1.95 bits per heavy atom. The molecule has 0 aliphatic carbocycles. The minimum Gasteiger partial charge on any atom is -0.493 e. The van der Waals surface area contributed by atoms with Crippen LogP contribution in [0.1, 0.15) is 25.5 Å². The van der Waals surface area contributed by atoms with Crippen LogP contribution in [0, 0.1) is 0 Å². The molecule has 0 saturated carbocycles. The number of nitrogens with zero attached hydrogens (tertiary/aromatic N) is 3. The zero-order valence-corrected chi connectivity index (χ0v) is 12.4. The highest BCUT2D eigenvalue weighted by molar-refractivity contribution is 6.63. The number of aromatic nitrogens is 2. The molecular formula is C13H18BN3O5. The second-order valence-corrected chi connectivity index (χ2v) is 5.51. The number of carbonyl (C=O) groups excluding carboxylic acids is 2. The maximum absolute atomic E-state index is 11.8. The average Bonchev–Trinajstić information content (AvgIpc) is 2.95. The van der Waals surface area contributed by atoms with E-state index in [1.54, 1.807) is 28.9 Å². The van der Waals surface area contributed by atoms with Gasteiger partial charge in [-0.3, -0.25) is 14.5 Å². The molecule has 0 spiro atoms. The molecule has 22 heavy (non-hydrogen) atoms. The Hall–Kier alpha value is -1.87. The summed E-state index contributed by atoms with van der Waals surface area (Å²) in [5, 5.41) is 4.23. The Morgan fingerprint density at radius 1 is 1.23 bits per heavy atom. The van der Waals surface area contributed by atoms with Gasteiger partial charge in [-0.05, 0) is 32.4 Å². The van der Waals surface area contributed by atoms with Crippen molar-refractivity contribution in [3.05, 3.63) is 12.3 Å². The standard InChI is InChI=1S/C13H18BN3O5/c1-16-8-12(18)21-14(22-13(19)9-16)10-5-6-15-17(10)11-4-2-3-7-20-11/h5-6,11H,2-4,7-9H2,1H3. The van der Waals surface area contributed by atoms with Crippen LogP contribution in [0.25, 0.3) is 0 Å². The van der Waals surface area contributed by atoms with E-state index in [0.29, 0.717) is 12.2 Å². The van der Waals surface area contributed by atoms with E-state index in [0.717, 1.165) is 19.3 Å². The fourth-order valence-corrected chi connectivity index (χ4v) is 2.62. The maximum atomic E-state index is 11.8. The third-order valence-electron chi connectivity index (χ3n) is 3.65. The van der Waals surface area contributed by atoms with Crippen molar-refractivity contribution in [3.63, 3.8) is 0 Å². The Balaban J connectivity index is 1.81. The maximum Gasteiger partial charge on any atom is 0.656 e. The smallest absolute Gasteiger partial charge is 0.493 e. The van der Waals surface area contributed by atoms with Crippen molar-refractivity contribution in [2.45, 2.75) is 25.5 Å². The molecule has 1 unspecified atom stereocenters. The van der Waals surface area contributed by atoms with E-state index in [4.69, 9.17) is 14.0 Å². The monoisotopic (exact) mass is 307 g/mol. The summed E-state index contributed by atoms with van der Waals surface area (Å²) in [6.07, 6.45) is 4.25. The first-order valence-corrected chi connectivity index (χ1v) is 7.36. The molecule has 1 aromatic heterocycles. The first-order valence-electron chi connectivity index (χ1n) is 7.36. The van der Waals surface area contributed by atoms with Crippen molar-refractivity contribution < 1.29 is 23.6 Å². The highest BCUT2D eigenvalue weighted by Crippen LogP contribution is 2.21. The minimum atomic E-state index is -1.08. The van der Waals surface area contributed by atoms with Gasteiger partial charge in [0.25, 0.3) is 0 Å². The van der Waals surface area contributed by atoms with E-state index in [1.165, 1.54) is 0 Å². The molecule has 0 radical (unpaired) electrons. The third kappa shape index (κ3) is 3.31. The molecule has 2 saturated heterocycles. The van der Waals surface area contributed by atoms with Crippen LogP contribution >= 0.6 is 0 Å². The molecule has 0 amide bonds. The lowest BCUT2D eigenvalue weighted by Gasteiger charge is -2.26. The highest BCUT2D eigenvalue weighted by atomic mass is 16.6. The number of ether oxygens (including phenoxy) is 1. The molecule has 0 aromatic carbocycles. The SMILES string of the molecule is CN1CC(=O)OB(c2ccnn2C2CCCCO2)OC(=O)C1. The second kappa shape index (κ2) is 6.49. The highest BCUT2D eigenvalue weighted by Gasteiger charge is 2.38. The van der Waals surface area contributed by atoms with Gasteiger partial charge in [0.05, 0.1) is 13.1 Å². The quantitative estimate of drug-likeness (QED) is 0.669. The normalized spacial score (nSPS) is 24.4. The van der Waals surface area contributed by atoms with E-state index in [1.807, 2.05) is 0 Å². The molecule has 9 heteroatoms. The first kappa shape index (κ1) is 15.0. The largest absolute Gasteiger partial charge is 0.656 e. The van der Waals surface area contributed by atoms with Gasteiger partial charge in [0, 0.05) is 12.8 Å².